The van der Waals surface area contributed by atoms with Gasteiger partial charge in [0.1, 0.15) is 0 Å². The Balaban J connectivity index is 0. The topological polar surface area (TPSA) is 33.5 Å². The van der Waals surface area contributed by atoms with E-state index in [2.05, 4.69) is 0 Å². The van der Waals surface area contributed by atoms with Gasteiger partial charge in [0.15, 0.2) is 0 Å². The summed E-state index contributed by atoms with van der Waals surface area (Å²) >= 11 is 0. The van der Waals surface area contributed by atoms with E-state index in [1.54, 1.807) is 0 Å². The van der Waals surface area contributed by atoms with Gasteiger partial charge in [0.05, 0.1) is 0 Å². The molecule has 0 aromatic rings. The Kier molecular flexibility index (Phi) is 306. The van der Waals surface area contributed by atoms with Gasteiger partial charge in [-0.15, -0.1) is 0 Å². The van der Waals surface area contributed by atoms with E-state index < -0.39 is 0 Å². The van der Waals surface area contributed by atoms with Crippen molar-refractivity contribution in [1.82, 2.24) is 0 Å². The van der Waals surface area contributed by atoms with Gasteiger partial charge in [-0.25, -0.2) is 0 Å². The summed E-state index contributed by atoms with van der Waals surface area (Å²) in [4.78, 5) is 0. The molecule has 1 unspecified atom stereocenters. The molecule has 0 aliphatic heterocycles. The molecule has 0 saturated heterocycles. The maximum Gasteiger partial charge on any atom is 0 e. The molecule has 0 fully saturated rings. The van der Waals surface area contributed by atoms with Crippen molar-refractivity contribution in [2.24, 2.45) is 0 Å². The van der Waals surface area contributed by atoms with Crippen molar-refractivity contribution in [2.45, 2.75) is 0 Å². The van der Waals surface area contributed by atoms with Crippen molar-refractivity contribution in [1.29, 1.82) is 0 Å². The molecule has 27 valence electrons. The second kappa shape index (κ2) is 24.6. The molecule has 0 aliphatic carbocycles. The molecule has 0 bridgehead atoms. The maximum absolute atomic E-state index is 0. The fourth-order valence-electron chi connectivity index (χ4n) is 0. The van der Waals surface area contributed by atoms with E-state index in [4.69, 9.17) is 0 Å². The van der Waals surface area contributed by atoms with Gasteiger partial charge >= 0.3 is 0 Å². The summed E-state index contributed by atoms with van der Waals surface area (Å²) in [7, 11) is 0. The number of rotatable bonds is 0. The van der Waals surface area contributed by atoms with Crippen LogP contribution in [0.3, 0.4) is 0 Å². The van der Waals surface area contributed by atoms with Crippen LogP contribution in [0, 0.1) is 7.43 Å². The summed E-state index contributed by atoms with van der Waals surface area (Å²) in [5, 5.41) is 0. The number of hydrogen-bond donors (Lipinski definition) is 0. The van der Waals surface area contributed by atoms with Crippen LogP contribution in [0.4, 0.5) is 0 Å². The van der Waals surface area contributed by atoms with Gasteiger partial charge in [0, 0.05) is 32.7 Å². The Hall–Kier alpha value is 1.49. The minimum Gasteiger partial charge on any atom is -0.693 e. The monoisotopic (exact) mass is 154 g/mol. The third-order valence-corrected chi connectivity index (χ3v) is 0. The number of hydrogen-bond acceptors (Lipinski definition) is 0. The van der Waals surface area contributed by atoms with Crippen molar-refractivity contribution >= 4 is 9.90 Å². The summed E-state index contributed by atoms with van der Waals surface area (Å²) in [5.74, 6) is 0. The standard InChI is InChI=1S/CH3.H2N.H3P.Y/h1H3;1H2;1H3;/q2*-1;;. The zero-order valence-electron chi connectivity index (χ0n) is 2.86. The molecule has 0 aliphatic rings. The molecule has 0 amide bonds. The van der Waals surface area contributed by atoms with Gasteiger partial charge in [-0.2, -0.15) is 9.90 Å². The Bertz CT molecular complexity index is 8.00. The van der Waals surface area contributed by atoms with Gasteiger partial charge in [-0.05, 0) is 0 Å². The van der Waals surface area contributed by atoms with Crippen LogP contribution in [-0.4, -0.2) is 0 Å². The SMILES string of the molecule is P.[CH3-].[NH2-].[Y]. The molecular formula is CH8NPY-2. The molecule has 0 aromatic carbocycles. The molecule has 4 heavy (non-hydrogen) atoms. The van der Waals surface area contributed by atoms with E-state index >= 15 is 0 Å². The van der Waals surface area contributed by atoms with Crippen LogP contribution >= 0.6 is 9.90 Å². The summed E-state index contributed by atoms with van der Waals surface area (Å²) < 4.78 is 0. The Labute approximate surface area is 56.0 Å². The van der Waals surface area contributed by atoms with Crippen LogP contribution in [0.1, 0.15) is 0 Å². The Morgan fingerprint density at radius 1 is 1.00 bits per heavy atom. The molecule has 0 aromatic heterocycles. The van der Waals surface area contributed by atoms with Crippen LogP contribution < -0.4 is 0 Å². The van der Waals surface area contributed by atoms with Crippen molar-refractivity contribution in [3.05, 3.63) is 13.6 Å². The average molecular weight is 154 g/mol. The van der Waals surface area contributed by atoms with Crippen LogP contribution in [0.15, 0.2) is 0 Å². The fourth-order valence-corrected chi connectivity index (χ4v) is 0. The largest absolute Gasteiger partial charge is 0.693 e. The molecule has 0 heterocycles. The van der Waals surface area contributed by atoms with E-state index in [9.17, 15) is 0 Å². The smallest absolute Gasteiger partial charge is 0 e. The van der Waals surface area contributed by atoms with Crippen molar-refractivity contribution in [2.75, 3.05) is 0 Å². The van der Waals surface area contributed by atoms with Crippen molar-refractivity contribution < 1.29 is 32.7 Å². The second-order valence-electron chi connectivity index (χ2n) is 0. The van der Waals surface area contributed by atoms with E-state index in [1.165, 1.54) is 0 Å². The second-order valence-corrected chi connectivity index (χ2v) is 0. The summed E-state index contributed by atoms with van der Waals surface area (Å²) in [6, 6.07) is 0. The first-order chi connectivity index (χ1) is 0. The minimum atomic E-state index is 0. The maximum atomic E-state index is 0. The predicted octanol–water partition coefficient (Wildman–Crippen LogP) is 1.22. The Morgan fingerprint density at radius 3 is 1.00 bits per heavy atom. The third-order valence-electron chi connectivity index (χ3n) is 0. The van der Waals surface area contributed by atoms with Gasteiger partial charge < -0.3 is 13.6 Å². The molecule has 0 spiro atoms. The molecule has 0 rings (SSSR count). The molecule has 1 atom stereocenters. The first-order valence-electron chi connectivity index (χ1n) is 0. The van der Waals surface area contributed by atoms with E-state index in [-0.39, 0.29) is 56.2 Å². The van der Waals surface area contributed by atoms with Crippen molar-refractivity contribution in [3.63, 3.8) is 0 Å². The molecular weight excluding hydrogens is 146 g/mol. The van der Waals surface area contributed by atoms with Gasteiger partial charge in [0.2, 0.25) is 0 Å². The molecule has 1 nitrogen and oxygen atoms in total. The molecule has 3 heteroatoms. The average Bonchev–Trinajstić information content (AvgIpc) is 0. The van der Waals surface area contributed by atoms with Gasteiger partial charge in [-0.3, -0.25) is 0 Å². The summed E-state index contributed by atoms with van der Waals surface area (Å²) in [6.45, 7) is 0. The zero-order chi connectivity index (χ0) is 0. The van der Waals surface area contributed by atoms with E-state index in [1.807, 2.05) is 0 Å². The van der Waals surface area contributed by atoms with Crippen LogP contribution in [-0.2, 0) is 32.7 Å². The summed E-state index contributed by atoms with van der Waals surface area (Å²) in [5.41, 5.74) is 0. The fraction of sp³-hybridized carbons (Fsp3) is 0. The summed E-state index contributed by atoms with van der Waals surface area (Å²) in [6.07, 6.45) is 0. The van der Waals surface area contributed by atoms with Crippen LogP contribution in [0.25, 0.3) is 6.15 Å². The normalized spacial score (nSPS) is 0. The molecule has 1 radical (unpaired) electrons. The predicted molar refractivity (Wildman–Crippen MR) is 22.8 cm³/mol. The van der Waals surface area contributed by atoms with Gasteiger partial charge in [0.25, 0.3) is 0 Å². The molecule has 2 N–H and O–H groups in total. The first-order valence-corrected chi connectivity index (χ1v) is 0. The zero-order valence-corrected chi connectivity index (χ0v) is 7.11. The Morgan fingerprint density at radius 2 is 1.00 bits per heavy atom. The number of nitrogens with two attached hydrogens (primary N) is 1. The minimum absolute atomic E-state index is 0. The molecule has 0 saturated carbocycles. The first kappa shape index (κ1) is 49.7. The quantitative estimate of drug-likeness (QED) is 0.371. The van der Waals surface area contributed by atoms with Crippen molar-refractivity contribution in [3.8, 4) is 0 Å². The third kappa shape index (κ3) is 9.74. The van der Waals surface area contributed by atoms with Crippen LogP contribution in [0.2, 0.25) is 0 Å². The van der Waals surface area contributed by atoms with Gasteiger partial charge in [-0.1, -0.05) is 0 Å². The van der Waals surface area contributed by atoms with E-state index in [0.717, 1.165) is 0 Å². The van der Waals surface area contributed by atoms with Crippen LogP contribution in [0.5, 0.6) is 0 Å². The van der Waals surface area contributed by atoms with E-state index in [0.29, 0.717) is 0 Å².